The zero-order chi connectivity index (χ0) is 11.2. The zero-order valence-electron chi connectivity index (χ0n) is 8.98. The van der Waals surface area contributed by atoms with Gasteiger partial charge in [-0.25, -0.2) is 4.57 Å². The van der Waals surface area contributed by atoms with Gasteiger partial charge in [0.15, 0.2) is 5.78 Å². The van der Waals surface area contributed by atoms with E-state index in [4.69, 9.17) is 13.6 Å². The van der Waals surface area contributed by atoms with Crippen molar-refractivity contribution in [3.05, 3.63) is 0 Å². The van der Waals surface area contributed by atoms with Crippen molar-refractivity contribution >= 4 is 13.6 Å². The van der Waals surface area contributed by atoms with Gasteiger partial charge in [0.25, 0.3) is 0 Å². The quantitative estimate of drug-likeness (QED) is 0.620. The zero-order valence-corrected chi connectivity index (χ0v) is 9.87. The predicted molar refractivity (Wildman–Crippen MR) is 52.1 cm³/mol. The molecule has 0 aliphatic carbocycles. The molecule has 0 radical (unpaired) electrons. The van der Waals surface area contributed by atoms with E-state index in [9.17, 15) is 9.36 Å². The average Bonchev–Trinajstić information content (AvgIpc) is 2.04. The lowest BCUT2D eigenvalue weighted by Gasteiger charge is -2.19. The SMILES string of the molecule is CCOP(=O)(OCC)OC(C)C(C)=O. The molecule has 0 saturated heterocycles. The molecule has 0 aromatic carbocycles. The Morgan fingerprint density at radius 3 is 2.00 bits per heavy atom. The minimum atomic E-state index is -3.55. The molecular weight excluding hydrogens is 207 g/mol. The Hall–Kier alpha value is -0.220. The smallest absolute Gasteiger partial charge is 0.297 e. The van der Waals surface area contributed by atoms with Crippen LogP contribution in [0, 0.1) is 0 Å². The van der Waals surface area contributed by atoms with Crippen molar-refractivity contribution in [2.75, 3.05) is 13.2 Å². The van der Waals surface area contributed by atoms with Gasteiger partial charge in [0.1, 0.15) is 6.10 Å². The van der Waals surface area contributed by atoms with Crippen LogP contribution in [-0.2, 0) is 22.9 Å². The minimum Gasteiger partial charge on any atom is -0.297 e. The molecule has 0 aromatic heterocycles. The Balaban J connectivity index is 4.35. The lowest BCUT2D eigenvalue weighted by Crippen LogP contribution is -2.17. The molecular formula is C8H17O5P. The van der Waals surface area contributed by atoms with Crippen LogP contribution in [0.5, 0.6) is 0 Å². The van der Waals surface area contributed by atoms with Crippen LogP contribution in [0.4, 0.5) is 0 Å². The molecule has 6 heteroatoms. The summed E-state index contributed by atoms with van der Waals surface area (Å²) in [5.41, 5.74) is 0. The molecule has 0 fully saturated rings. The minimum absolute atomic E-state index is 0.210. The third kappa shape index (κ3) is 4.86. The molecule has 0 rings (SSSR count). The molecule has 1 unspecified atom stereocenters. The van der Waals surface area contributed by atoms with Crippen LogP contribution in [0.3, 0.4) is 0 Å². The van der Waals surface area contributed by atoms with Crippen molar-refractivity contribution in [1.29, 1.82) is 0 Å². The van der Waals surface area contributed by atoms with E-state index >= 15 is 0 Å². The number of hydrogen-bond donors (Lipinski definition) is 0. The third-order valence-corrected chi connectivity index (χ3v) is 3.16. The number of phosphoric ester groups is 1. The van der Waals surface area contributed by atoms with Crippen LogP contribution in [-0.4, -0.2) is 25.1 Å². The van der Waals surface area contributed by atoms with Crippen molar-refractivity contribution in [1.82, 2.24) is 0 Å². The number of phosphoric acid groups is 1. The van der Waals surface area contributed by atoms with Crippen LogP contribution in [0.1, 0.15) is 27.7 Å². The monoisotopic (exact) mass is 224 g/mol. The van der Waals surface area contributed by atoms with Crippen molar-refractivity contribution in [3.8, 4) is 0 Å². The number of carbonyl (C=O) groups is 1. The summed E-state index contributed by atoms with van der Waals surface area (Å²) in [5.74, 6) is -0.218. The molecule has 0 saturated carbocycles. The molecule has 84 valence electrons. The lowest BCUT2D eigenvalue weighted by atomic mass is 10.3. The third-order valence-electron chi connectivity index (χ3n) is 1.43. The molecule has 0 heterocycles. The molecule has 0 amide bonds. The highest BCUT2D eigenvalue weighted by Crippen LogP contribution is 2.50. The first-order chi connectivity index (χ1) is 6.45. The van der Waals surface area contributed by atoms with Crippen LogP contribution in [0.2, 0.25) is 0 Å². The van der Waals surface area contributed by atoms with Crippen LogP contribution < -0.4 is 0 Å². The Labute approximate surface area is 84.3 Å². The molecule has 1 atom stereocenters. The number of carbonyl (C=O) groups excluding carboxylic acids is 1. The van der Waals surface area contributed by atoms with Gasteiger partial charge in [0.2, 0.25) is 0 Å². The first-order valence-electron chi connectivity index (χ1n) is 4.53. The summed E-state index contributed by atoms with van der Waals surface area (Å²) in [6.07, 6.45) is -0.779. The topological polar surface area (TPSA) is 61.8 Å². The normalized spacial score (nSPS) is 14.0. The second-order valence-electron chi connectivity index (χ2n) is 2.64. The van der Waals surface area contributed by atoms with E-state index in [1.54, 1.807) is 13.8 Å². The van der Waals surface area contributed by atoms with E-state index in [1.807, 2.05) is 0 Å². The van der Waals surface area contributed by atoms with E-state index in [2.05, 4.69) is 0 Å². The van der Waals surface area contributed by atoms with E-state index in [1.165, 1.54) is 13.8 Å². The predicted octanol–water partition coefficient (Wildman–Crippen LogP) is 2.16. The highest BCUT2D eigenvalue weighted by atomic mass is 31.2. The number of hydrogen-bond acceptors (Lipinski definition) is 5. The van der Waals surface area contributed by atoms with Crippen molar-refractivity contribution in [3.63, 3.8) is 0 Å². The molecule has 14 heavy (non-hydrogen) atoms. The van der Waals surface area contributed by atoms with E-state index < -0.39 is 13.9 Å². The second-order valence-corrected chi connectivity index (χ2v) is 4.26. The molecule has 0 N–H and O–H groups in total. The highest BCUT2D eigenvalue weighted by Gasteiger charge is 2.29. The Morgan fingerprint density at radius 2 is 1.71 bits per heavy atom. The van der Waals surface area contributed by atoms with Gasteiger partial charge in [-0.1, -0.05) is 0 Å². The molecule has 0 spiro atoms. The fraction of sp³-hybridized carbons (Fsp3) is 0.875. The van der Waals surface area contributed by atoms with E-state index in [-0.39, 0.29) is 19.0 Å². The summed E-state index contributed by atoms with van der Waals surface area (Å²) in [7, 11) is -3.55. The van der Waals surface area contributed by atoms with E-state index in [0.29, 0.717) is 0 Å². The maximum atomic E-state index is 11.7. The molecule has 5 nitrogen and oxygen atoms in total. The summed E-state index contributed by atoms with van der Waals surface area (Å²) in [6.45, 7) is 6.63. The second kappa shape index (κ2) is 6.30. The van der Waals surface area contributed by atoms with Gasteiger partial charge < -0.3 is 0 Å². The maximum absolute atomic E-state index is 11.7. The largest absolute Gasteiger partial charge is 0.475 e. The molecule has 0 aromatic rings. The Kier molecular flexibility index (Phi) is 6.20. The molecule has 0 aliphatic rings. The lowest BCUT2D eigenvalue weighted by molar-refractivity contribution is -0.123. The van der Waals surface area contributed by atoms with Crippen molar-refractivity contribution < 1.29 is 22.9 Å². The van der Waals surface area contributed by atoms with Crippen LogP contribution in [0.25, 0.3) is 0 Å². The van der Waals surface area contributed by atoms with Crippen molar-refractivity contribution in [2.45, 2.75) is 33.8 Å². The molecule has 0 bridgehead atoms. The number of rotatable bonds is 7. The van der Waals surface area contributed by atoms with E-state index in [0.717, 1.165) is 0 Å². The summed E-state index contributed by atoms with van der Waals surface area (Å²) < 4.78 is 26.4. The average molecular weight is 224 g/mol. The van der Waals surface area contributed by atoms with Gasteiger partial charge in [-0.15, -0.1) is 0 Å². The Bertz CT molecular complexity index is 218. The van der Waals surface area contributed by atoms with Crippen LogP contribution in [0.15, 0.2) is 0 Å². The number of Topliss-reactive ketones (excluding diaryl/α,β-unsaturated/α-hetero) is 1. The standard InChI is InChI=1S/C8H17O5P/c1-5-11-14(10,12-6-2)13-8(4)7(3)9/h8H,5-6H2,1-4H3. The first kappa shape index (κ1) is 13.8. The summed E-state index contributed by atoms with van der Waals surface area (Å²) in [4.78, 5) is 10.9. The maximum Gasteiger partial charge on any atom is 0.475 e. The van der Waals surface area contributed by atoms with Crippen molar-refractivity contribution in [2.24, 2.45) is 0 Å². The summed E-state index contributed by atoms with van der Waals surface area (Å²) in [6, 6.07) is 0. The van der Waals surface area contributed by atoms with Gasteiger partial charge in [-0.3, -0.25) is 18.4 Å². The summed E-state index contributed by atoms with van der Waals surface area (Å²) >= 11 is 0. The van der Waals surface area contributed by atoms with Crippen LogP contribution >= 0.6 is 7.82 Å². The first-order valence-corrected chi connectivity index (χ1v) is 5.99. The highest BCUT2D eigenvalue weighted by molar-refractivity contribution is 7.48. The molecule has 0 aliphatic heterocycles. The fourth-order valence-electron chi connectivity index (χ4n) is 0.682. The van der Waals surface area contributed by atoms with Gasteiger partial charge in [-0.2, -0.15) is 0 Å². The Morgan fingerprint density at radius 1 is 1.29 bits per heavy atom. The van der Waals surface area contributed by atoms with Gasteiger partial charge in [0, 0.05) is 0 Å². The number of ketones is 1. The van der Waals surface area contributed by atoms with Gasteiger partial charge >= 0.3 is 7.82 Å². The van der Waals surface area contributed by atoms with Gasteiger partial charge in [-0.05, 0) is 27.7 Å². The van der Waals surface area contributed by atoms with Gasteiger partial charge in [0.05, 0.1) is 13.2 Å². The fourth-order valence-corrected chi connectivity index (χ4v) is 2.05. The summed E-state index contributed by atoms with van der Waals surface area (Å²) in [5, 5.41) is 0.